The molecule has 0 aromatic rings. The Hall–Kier alpha value is -0.900. The van der Waals surface area contributed by atoms with Crippen molar-refractivity contribution < 1.29 is 14.3 Å². The van der Waals surface area contributed by atoms with E-state index in [0.29, 0.717) is 18.7 Å². The molecule has 0 aromatic carbocycles. The second-order valence-corrected chi connectivity index (χ2v) is 4.30. The minimum Gasteiger partial charge on any atom is -0.469 e. The number of hydrogen-bond donors (Lipinski definition) is 0. The average molecular weight is 213 g/mol. The second kappa shape index (κ2) is 5.26. The van der Waals surface area contributed by atoms with E-state index in [9.17, 15) is 9.59 Å². The third-order valence-electron chi connectivity index (χ3n) is 2.89. The minimum atomic E-state index is -0.181. The number of ether oxygens (including phenoxy) is 1. The Morgan fingerprint density at radius 1 is 1.67 bits per heavy atom. The van der Waals surface area contributed by atoms with Gasteiger partial charge < -0.3 is 9.64 Å². The van der Waals surface area contributed by atoms with Crippen LogP contribution in [0.1, 0.15) is 20.3 Å². The van der Waals surface area contributed by atoms with Crippen LogP contribution in [-0.2, 0) is 14.3 Å². The van der Waals surface area contributed by atoms with Crippen molar-refractivity contribution in [3.8, 4) is 0 Å². The molecule has 1 saturated heterocycles. The molecule has 86 valence electrons. The van der Waals surface area contributed by atoms with Crippen molar-refractivity contribution in [3.05, 3.63) is 0 Å². The Balaban J connectivity index is 2.39. The van der Waals surface area contributed by atoms with E-state index in [1.807, 2.05) is 13.8 Å². The van der Waals surface area contributed by atoms with Crippen molar-refractivity contribution in [2.45, 2.75) is 20.3 Å². The van der Waals surface area contributed by atoms with Gasteiger partial charge in [-0.25, -0.2) is 0 Å². The van der Waals surface area contributed by atoms with Crippen LogP contribution in [0.2, 0.25) is 0 Å². The van der Waals surface area contributed by atoms with Crippen LogP contribution in [0.5, 0.6) is 0 Å². The highest BCUT2D eigenvalue weighted by Crippen LogP contribution is 2.14. The molecule has 0 amide bonds. The lowest BCUT2D eigenvalue weighted by Crippen LogP contribution is -2.42. The van der Waals surface area contributed by atoms with Crippen LogP contribution < -0.4 is 0 Å². The third-order valence-corrected chi connectivity index (χ3v) is 2.89. The first kappa shape index (κ1) is 12.2. The molecule has 1 aliphatic rings. The van der Waals surface area contributed by atoms with Gasteiger partial charge in [0.1, 0.15) is 5.78 Å². The molecule has 2 unspecified atom stereocenters. The summed E-state index contributed by atoms with van der Waals surface area (Å²) in [5, 5.41) is 0. The molecule has 1 rings (SSSR count). The Labute approximate surface area is 90.6 Å². The minimum absolute atomic E-state index is 0.101. The highest BCUT2D eigenvalue weighted by Gasteiger charge is 2.26. The summed E-state index contributed by atoms with van der Waals surface area (Å²) in [7, 11) is 1.40. The molecule has 0 spiro atoms. The highest BCUT2D eigenvalue weighted by atomic mass is 16.5. The summed E-state index contributed by atoms with van der Waals surface area (Å²) in [6, 6.07) is 0. The van der Waals surface area contributed by atoms with Crippen LogP contribution >= 0.6 is 0 Å². The topological polar surface area (TPSA) is 46.6 Å². The monoisotopic (exact) mass is 213 g/mol. The zero-order valence-electron chi connectivity index (χ0n) is 9.66. The first-order valence-electron chi connectivity index (χ1n) is 5.37. The molecular weight excluding hydrogens is 194 g/mol. The van der Waals surface area contributed by atoms with Crippen LogP contribution in [0.25, 0.3) is 0 Å². The van der Waals surface area contributed by atoms with Crippen LogP contribution in [0.3, 0.4) is 0 Å². The normalized spacial score (nSPS) is 25.0. The molecule has 0 aromatic heterocycles. The molecule has 0 saturated carbocycles. The van der Waals surface area contributed by atoms with Gasteiger partial charge in [-0.3, -0.25) is 9.59 Å². The Bertz CT molecular complexity index is 252. The number of Topliss-reactive ketones (excluding diaryl/α,β-unsaturated/α-hetero) is 1. The summed E-state index contributed by atoms with van der Waals surface area (Å²) >= 11 is 0. The quantitative estimate of drug-likeness (QED) is 0.648. The van der Waals surface area contributed by atoms with E-state index in [1.54, 1.807) is 0 Å². The number of nitrogens with zero attached hydrogens (tertiary/aromatic N) is 1. The van der Waals surface area contributed by atoms with Gasteiger partial charge in [-0.05, 0) is 0 Å². The Kier molecular flexibility index (Phi) is 4.27. The fraction of sp³-hybridized carbons (Fsp3) is 0.818. The summed E-state index contributed by atoms with van der Waals surface area (Å²) < 4.78 is 4.67. The number of methoxy groups -OCH3 is 1. The average Bonchev–Trinajstić information content (AvgIpc) is 2.22. The largest absolute Gasteiger partial charge is 0.469 e. The molecule has 1 heterocycles. The molecular formula is C11H19NO3. The van der Waals surface area contributed by atoms with Gasteiger partial charge in [0.05, 0.1) is 13.0 Å². The van der Waals surface area contributed by atoms with Crippen molar-refractivity contribution >= 4 is 11.8 Å². The molecule has 0 aliphatic carbocycles. The van der Waals surface area contributed by atoms with E-state index in [0.717, 1.165) is 13.1 Å². The van der Waals surface area contributed by atoms with Gasteiger partial charge in [-0.2, -0.15) is 0 Å². The molecule has 0 N–H and O–H groups in total. The maximum absolute atomic E-state index is 11.3. The number of hydrogen-bond acceptors (Lipinski definition) is 4. The fourth-order valence-electron chi connectivity index (χ4n) is 1.92. The van der Waals surface area contributed by atoms with Gasteiger partial charge >= 0.3 is 5.97 Å². The SMILES string of the molecule is COC(=O)C(C)CN1CCC(=O)C(C)C1. The first-order valence-corrected chi connectivity index (χ1v) is 5.37. The molecule has 2 atom stereocenters. The Morgan fingerprint density at radius 2 is 2.33 bits per heavy atom. The van der Waals surface area contributed by atoms with Crippen LogP contribution in [-0.4, -0.2) is 43.4 Å². The van der Waals surface area contributed by atoms with Crippen LogP contribution in [0.4, 0.5) is 0 Å². The highest BCUT2D eigenvalue weighted by molar-refractivity contribution is 5.81. The van der Waals surface area contributed by atoms with Gasteiger partial charge in [-0.15, -0.1) is 0 Å². The van der Waals surface area contributed by atoms with E-state index < -0.39 is 0 Å². The standard InChI is InChI=1S/C11H19NO3/c1-8-6-12(5-4-10(8)13)7-9(2)11(14)15-3/h8-9H,4-7H2,1-3H3. The van der Waals surface area contributed by atoms with Gasteiger partial charge in [0.2, 0.25) is 0 Å². The zero-order chi connectivity index (χ0) is 11.4. The summed E-state index contributed by atoms with van der Waals surface area (Å²) in [5.41, 5.74) is 0. The van der Waals surface area contributed by atoms with Crippen molar-refractivity contribution in [3.63, 3.8) is 0 Å². The predicted octanol–water partition coefficient (Wildman–Crippen LogP) is 0.706. The predicted molar refractivity (Wildman–Crippen MR) is 56.4 cm³/mol. The van der Waals surface area contributed by atoms with Crippen molar-refractivity contribution in [1.82, 2.24) is 4.90 Å². The summed E-state index contributed by atoms with van der Waals surface area (Å²) in [6.45, 7) is 6.01. The lowest BCUT2D eigenvalue weighted by atomic mass is 9.97. The van der Waals surface area contributed by atoms with Crippen molar-refractivity contribution in [1.29, 1.82) is 0 Å². The van der Waals surface area contributed by atoms with E-state index in [1.165, 1.54) is 7.11 Å². The summed E-state index contributed by atoms with van der Waals surface area (Å²) in [6.07, 6.45) is 0.606. The number of rotatable bonds is 3. The third kappa shape index (κ3) is 3.30. The number of likely N-dealkylation sites (tertiary alicyclic amines) is 1. The molecule has 0 bridgehead atoms. The van der Waals surface area contributed by atoms with E-state index in [2.05, 4.69) is 9.64 Å². The maximum atomic E-state index is 11.3. The lowest BCUT2D eigenvalue weighted by molar-refractivity contribution is -0.145. The van der Waals surface area contributed by atoms with E-state index >= 15 is 0 Å². The van der Waals surface area contributed by atoms with E-state index in [4.69, 9.17) is 0 Å². The molecule has 1 aliphatic heterocycles. The van der Waals surface area contributed by atoms with E-state index in [-0.39, 0.29) is 17.8 Å². The zero-order valence-corrected chi connectivity index (χ0v) is 9.66. The fourth-order valence-corrected chi connectivity index (χ4v) is 1.92. The maximum Gasteiger partial charge on any atom is 0.309 e. The second-order valence-electron chi connectivity index (χ2n) is 4.30. The van der Waals surface area contributed by atoms with Gasteiger partial charge in [0.15, 0.2) is 0 Å². The first-order chi connectivity index (χ1) is 7.04. The van der Waals surface area contributed by atoms with Crippen LogP contribution in [0, 0.1) is 11.8 Å². The number of carbonyl (C=O) groups is 2. The van der Waals surface area contributed by atoms with Crippen molar-refractivity contribution in [2.75, 3.05) is 26.7 Å². The smallest absolute Gasteiger partial charge is 0.309 e. The molecule has 0 radical (unpaired) electrons. The van der Waals surface area contributed by atoms with Crippen molar-refractivity contribution in [2.24, 2.45) is 11.8 Å². The van der Waals surface area contributed by atoms with Gasteiger partial charge in [0, 0.05) is 32.0 Å². The lowest BCUT2D eigenvalue weighted by Gasteiger charge is -2.31. The molecule has 1 fully saturated rings. The number of piperidine rings is 1. The molecule has 4 nitrogen and oxygen atoms in total. The molecule has 15 heavy (non-hydrogen) atoms. The summed E-state index contributed by atoms with van der Waals surface area (Å²) in [4.78, 5) is 24.7. The number of ketones is 1. The van der Waals surface area contributed by atoms with Gasteiger partial charge in [-0.1, -0.05) is 13.8 Å². The van der Waals surface area contributed by atoms with Gasteiger partial charge in [0.25, 0.3) is 0 Å². The Morgan fingerprint density at radius 3 is 2.87 bits per heavy atom. The summed E-state index contributed by atoms with van der Waals surface area (Å²) in [5.74, 6) is 0.135. The van der Waals surface area contributed by atoms with Crippen LogP contribution in [0.15, 0.2) is 0 Å². The molecule has 4 heteroatoms. The number of esters is 1. The number of carbonyl (C=O) groups excluding carboxylic acids is 2.